The number of nitrogens with zero attached hydrogens (tertiary/aromatic N) is 3. The van der Waals surface area contributed by atoms with Crippen molar-refractivity contribution in [1.82, 2.24) is 15.0 Å². The SMILES string of the molecule is c1ccc(-c2nc(-c3ccccc3)nc(-c3ccc4c(c3)Cc3cc(-c5ccc6c(c5)C(c5ccccc5)(c5ccccc5)c5ccccc5-6)ccc3-4)n2)cc1. The van der Waals surface area contributed by atoms with Gasteiger partial charge >= 0.3 is 0 Å². The summed E-state index contributed by atoms with van der Waals surface area (Å²) >= 11 is 0. The molecule has 0 N–H and O–H groups in total. The van der Waals surface area contributed by atoms with Crippen molar-refractivity contribution >= 4 is 0 Å². The molecule has 3 heteroatoms. The summed E-state index contributed by atoms with van der Waals surface area (Å²) in [6.45, 7) is 0. The Kier molecular flexibility index (Phi) is 7.46. The van der Waals surface area contributed by atoms with Gasteiger partial charge in [-0.3, -0.25) is 0 Å². The molecular weight excluding hydrogens is 679 g/mol. The maximum atomic E-state index is 5.00. The van der Waals surface area contributed by atoms with Crippen molar-refractivity contribution in [3.8, 4) is 67.5 Å². The van der Waals surface area contributed by atoms with Crippen LogP contribution in [-0.4, -0.2) is 15.0 Å². The van der Waals surface area contributed by atoms with Gasteiger partial charge in [-0.2, -0.15) is 0 Å². The largest absolute Gasteiger partial charge is 0.208 e. The third-order valence-corrected chi connectivity index (χ3v) is 11.6. The van der Waals surface area contributed by atoms with Crippen molar-refractivity contribution in [2.75, 3.05) is 0 Å². The van der Waals surface area contributed by atoms with Crippen LogP contribution in [0.25, 0.3) is 67.5 Å². The average Bonchev–Trinajstić information content (AvgIpc) is 3.80. The number of fused-ring (bicyclic) bond motifs is 6. The Morgan fingerprint density at radius 1 is 0.304 bits per heavy atom. The van der Waals surface area contributed by atoms with Crippen LogP contribution in [0.15, 0.2) is 200 Å². The van der Waals surface area contributed by atoms with Crippen molar-refractivity contribution in [2.45, 2.75) is 11.8 Å². The van der Waals surface area contributed by atoms with Crippen LogP contribution in [-0.2, 0) is 11.8 Å². The van der Waals surface area contributed by atoms with Crippen LogP contribution in [0.4, 0.5) is 0 Å². The highest BCUT2D eigenvalue weighted by Crippen LogP contribution is 2.56. The Bertz CT molecular complexity index is 2820. The molecule has 0 unspecified atom stereocenters. The molecule has 8 aromatic carbocycles. The first-order chi connectivity index (χ1) is 27.7. The first-order valence-electron chi connectivity index (χ1n) is 19.2. The van der Waals surface area contributed by atoms with Gasteiger partial charge in [-0.1, -0.05) is 188 Å². The van der Waals surface area contributed by atoms with E-state index in [1.54, 1.807) is 0 Å². The summed E-state index contributed by atoms with van der Waals surface area (Å²) in [5, 5.41) is 0. The van der Waals surface area contributed by atoms with Crippen LogP contribution in [0.2, 0.25) is 0 Å². The highest BCUT2D eigenvalue weighted by molar-refractivity contribution is 5.89. The molecule has 0 bridgehead atoms. The minimum atomic E-state index is -0.427. The summed E-state index contributed by atoms with van der Waals surface area (Å²) in [6, 6.07) is 72.1. The van der Waals surface area contributed by atoms with Gasteiger partial charge in [0.1, 0.15) is 0 Å². The van der Waals surface area contributed by atoms with Gasteiger partial charge in [-0.15, -0.1) is 0 Å². The van der Waals surface area contributed by atoms with E-state index in [2.05, 4.69) is 140 Å². The zero-order valence-electron chi connectivity index (χ0n) is 30.6. The van der Waals surface area contributed by atoms with Gasteiger partial charge < -0.3 is 0 Å². The minimum Gasteiger partial charge on any atom is -0.208 e. The Morgan fingerprint density at radius 2 is 0.714 bits per heavy atom. The van der Waals surface area contributed by atoms with Crippen LogP contribution < -0.4 is 0 Å². The second-order valence-corrected chi connectivity index (χ2v) is 14.7. The molecule has 0 aliphatic heterocycles. The highest BCUT2D eigenvalue weighted by atomic mass is 15.0. The number of aromatic nitrogens is 3. The predicted octanol–water partition coefficient (Wildman–Crippen LogP) is 12.5. The van der Waals surface area contributed by atoms with Crippen molar-refractivity contribution in [3.63, 3.8) is 0 Å². The molecule has 0 radical (unpaired) electrons. The third kappa shape index (κ3) is 5.09. The summed E-state index contributed by atoms with van der Waals surface area (Å²) in [5.41, 5.74) is 17.9. The van der Waals surface area contributed by atoms with E-state index >= 15 is 0 Å². The van der Waals surface area contributed by atoms with Gasteiger partial charge in [-0.05, 0) is 85.3 Å². The Morgan fingerprint density at radius 3 is 1.29 bits per heavy atom. The maximum absolute atomic E-state index is 5.00. The molecular formula is C53H35N3. The monoisotopic (exact) mass is 713 g/mol. The fourth-order valence-corrected chi connectivity index (χ4v) is 9.09. The summed E-state index contributed by atoms with van der Waals surface area (Å²) in [4.78, 5) is 14.9. The van der Waals surface area contributed by atoms with E-state index in [-0.39, 0.29) is 0 Å². The normalized spacial score (nSPS) is 13.1. The number of hydrogen-bond donors (Lipinski definition) is 0. The molecule has 0 fully saturated rings. The minimum absolute atomic E-state index is 0.427. The van der Waals surface area contributed by atoms with E-state index in [4.69, 9.17) is 15.0 Å². The molecule has 0 atom stereocenters. The van der Waals surface area contributed by atoms with E-state index in [0.29, 0.717) is 17.5 Å². The molecule has 0 saturated carbocycles. The number of benzene rings is 8. The first-order valence-corrected chi connectivity index (χ1v) is 19.2. The lowest BCUT2D eigenvalue weighted by atomic mass is 9.67. The lowest BCUT2D eigenvalue weighted by Crippen LogP contribution is -2.28. The average molecular weight is 714 g/mol. The Labute approximate surface area is 326 Å². The first kappa shape index (κ1) is 32.2. The van der Waals surface area contributed by atoms with Gasteiger partial charge in [0, 0.05) is 16.7 Å². The maximum Gasteiger partial charge on any atom is 0.164 e. The molecule has 0 saturated heterocycles. The summed E-state index contributed by atoms with van der Waals surface area (Å²) in [7, 11) is 0. The Balaban J connectivity index is 0.988. The van der Waals surface area contributed by atoms with Crippen LogP contribution in [0.1, 0.15) is 33.4 Å². The van der Waals surface area contributed by atoms with Crippen LogP contribution in [0.5, 0.6) is 0 Å². The van der Waals surface area contributed by atoms with E-state index in [9.17, 15) is 0 Å². The van der Waals surface area contributed by atoms with E-state index < -0.39 is 5.41 Å². The standard InChI is InChI=1S/C53H35N3/c1-5-15-35(16-6-1)50-54-51(36-17-7-2-8-18-36)56-52(55-50)39-27-29-45-41(32-39)33-40-31-37(25-28-44(40)45)38-26-30-47-46-23-13-14-24-48(46)53(49(47)34-38,42-19-9-3-10-20-42)43-21-11-4-12-22-43/h1-32,34H,33H2. The lowest BCUT2D eigenvalue weighted by Gasteiger charge is -2.34. The summed E-state index contributed by atoms with van der Waals surface area (Å²) in [6.07, 6.45) is 0.850. The fourth-order valence-electron chi connectivity index (χ4n) is 9.09. The van der Waals surface area contributed by atoms with Gasteiger partial charge in [-0.25, -0.2) is 15.0 Å². The fraction of sp³-hybridized carbons (Fsp3) is 0.0377. The van der Waals surface area contributed by atoms with Gasteiger partial charge in [0.2, 0.25) is 0 Å². The molecule has 9 aromatic rings. The molecule has 262 valence electrons. The molecule has 2 aliphatic carbocycles. The highest BCUT2D eigenvalue weighted by Gasteiger charge is 2.46. The summed E-state index contributed by atoms with van der Waals surface area (Å²) in [5.74, 6) is 2.02. The molecule has 2 aliphatic rings. The third-order valence-electron chi connectivity index (χ3n) is 11.6. The Hall–Kier alpha value is -7.23. The lowest BCUT2D eigenvalue weighted by molar-refractivity contribution is 0.769. The second kappa shape index (κ2) is 13.0. The van der Waals surface area contributed by atoms with Gasteiger partial charge in [0.25, 0.3) is 0 Å². The molecule has 11 rings (SSSR count). The smallest absolute Gasteiger partial charge is 0.164 e. The van der Waals surface area contributed by atoms with E-state index in [1.807, 2.05) is 60.7 Å². The van der Waals surface area contributed by atoms with Crippen LogP contribution in [0, 0.1) is 0 Å². The van der Waals surface area contributed by atoms with Crippen molar-refractivity contribution in [3.05, 3.63) is 234 Å². The number of rotatable bonds is 6. The molecule has 56 heavy (non-hydrogen) atoms. The van der Waals surface area contributed by atoms with Crippen molar-refractivity contribution < 1.29 is 0 Å². The van der Waals surface area contributed by atoms with Crippen LogP contribution in [0.3, 0.4) is 0 Å². The zero-order valence-corrected chi connectivity index (χ0v) is 30.6. The topological polar surface area (TPSA) is 38.7 Å². The predicted molar refractivity (Wildman–Crippen MR) is 227 cm³/mol. The van der Waals surface area contributed by atoms with Crippen molar-refractivity contribution in [2.24, 2.45) is 0 Å². The second-order valence-electron chi connectivity index (χ2n) is 14.7. The quantitative estimate of drug-likeness (QED) is 0.172. The number of hydrogen-bond acceptors (Lipinski definition) is 3. The molecule has 1 aromatic heterocycles. The summed E-state index contributed by atoms with van der Waals surface area (Å²) < 4.78 is 0. The van der Waals surface area contributed by atoms with Gasteiger partial charge in [0.05, 0.1) is 5.41 Å². The molecule has 3 nitrogen and oxygen atoms in total. The molecule has 0 spiro atoms. The molecule has 0 amide bonds. The van der Waals surface area contributed by atoms with Gasteiger partial charge in [0.15, 0.2) is 17.5 Å². The van der Waals surface area contributed by atoms with E-state index in [0.717, 1.165) is 23.1 Å². The van der Waals surface area contributed by atoms with Crippen LogP contribution >= 0.6 is 0 Å². The van der Waals surface area contributed by atoms with Crippen molar-refractivity contribution in [1.29, 1.82) is 0 Å². The zero-order chi connectivity index (χ0) is 37.1. The van der Waals surface area contributed by atoms with E-state index in [1.165, 1.54) is 66.8 Å². The molecule has 1 heterocycles.